The van der Waals surface area contributed by atoms with Gasteiger partial charge in [0, 0.05) is 4.47 Å². The van der Waals surface area contributed by atoms with Gasteiger partial charge in [0.05, 0.1) is 16.5 Å². The molecule has 8 heteroatoms. The first kappa shape index (κ1) is 17.6. The number of carbonyl (C=O) groups excluding carboxylic acids is 1. The van der Waals surface area contributed by atoms with Gasteiger partial charge in [-0.25, -0.2) is 17.9 Å². The second-order valence-electron chi connectivity index (χ2n) is 4.93. The van der Waals surface area contributed by atoms with E-state index in [1.54, 1.807) is 19.1 Å². The predicted molar refractivity (Wildman–Crippen MR) is 87.8 cm³/mol. The van der Waals surface area contributed by atoms with E-state index < -0.39 is 27.8 Å². The van der Waals surface area contributed by atoms with Crippen LogP contribution >= 0.6 is 15.9 Å². The van der Waals surface area contributed by atoms with Crippen LogP contribution in [0.4, 0.5) is 4.39 Å². The van der Waals surface area contributed by atoms with E-state index >= 15 is 0 Å². The second-order valence-corrected chi connectivity index (χ2v) is 7.41. The largest absolute Gasteiger partial charge is 0.345 e. The van der Waals surface area contributed by atoms with Gasteiger partial charge in [-0.15, -0.1) is 0 Å². The van der Waals surface area contributed by atoms with E-state index in [1.807, 2.05) is 0 Å². The number of hydrogen-bond donors (Lipinski definition) is 2. The standard InChI is InChI=1S/C15H14BrFN2O3S/c1-9(10-2-5-12(6-3-10)23(18,21)22)19-15(20)13-8-11(16)4-7-14(13)17/h2-9H,1H3,(H,19,20)(H2,18,21,22). The molecule has 0 heterocycles. The third-order valence-corrected chi connectivity index (χ3v) is 4.65. The minimum absolute atomic E-state index is 0.0159. The molecule has 2 aromatic rings. The first-order valence-corrected chi connectivity index (χ1v) is 8.91. The van der Waals surface area contributed by atoms with Crippen molar-refractivity contribution in [1.82, 2.24) is 5.32 Å². The van der Waals surface area contributed by atoms with E-state index in [0.717, 1.165) is 0 Å². The van der Waals surface area contributed by atoms with Crippen LogP contribution in [0.25, 0.3) is 0 Å². The van der Waals surface area contributed by atoms with Crippen LogP contribution in [0.1, 0.15) is 28.9 Å². The van der Waals surface area contributed by atoms with Gasteiger partial charge in [-0.1, -0.05) is 28.1 Å². The summed E-state index contributed by atoms with van der Waals surface area (Å²) in [7, 11) is -3.76. The molecule has 0 spiro atoms. The summed E-state index contributed by atoms with van der Waals surface area (Å²) in [6.07, 6.45) is 0. The molecule has 122 valence electrons. The Labute approximate surface area is 141 Å². The van der Waals surface area contributed by atoms with Gasteiger partial charge < -0.3 is 5.32 Å². The molecule has 0 saturated heterocycles. The fourth-order valence-electron chi connectivity index (χ4n) is 1.98. The minimum atomic E-state index is -3.76. The van der Waals surface area contributed by atoms with E-state index in [0.29, 0.717) is 10.0 Å². The SMILES string of the molecule is CC(NC(=O)c1cc(Br)ccc1F)c1ccc(S(N)(=O)=O)cc1. The van der Waals surface area contributed by atoms with E-state index in [4.69, 9.17) is 5.14 Å². The van der Waals surface area contributed by atoms with Crippen LogP contribution in [0.15, 0.2) is 51.8 Å². The summed E-state index contributed by atoms with van der Waals surface area (Å²) in [5.74, 6) is -1.19. The average Bonchev–Trinajstić information content (AvgIpc) is 2.48. The molecule has 5 nitrogen and oxygen atoms in total. The topological polar surface area (TPSA) is 89.3 Å². The zero-order chi connectivity index (χ0) is 17.2. The molecule has 0 aromatic heterocycles. The highest BCUT2D eigenvalue weighted by Crippen LogP contribution is 2.19. The normalized spacial score (nSPS) is 12.7. The Morgan fingerprint density at radius 2 is 1.83 bits per heavy atom. The third-order valence-electron chi connectivity index (χ3n) is 3.23. The Morgan fingerprint density at radius 1 is 1.22 bits per heavy atom. The zero-order valence-corrected chi connectivity index (χ0v) is 14.5. The Bertz CT molecular complexity index is 838. The van der Waals surface area contributed by atoms with Gasteiger partial charge in [0.2, 0.25) is 10.0 Å². The quantitative estimate of drug-likeness (QED) is 0.826. The van der Waals surface area contributed by atoms with Gasteiger partial charge >= 0.3 is 0 Å². The van der Waals surface area contributed by atoms with E-state index in [2.05, 4.69) is 21.2 Å². The lowest BCUT2D eigenvalue weighted by Crippen LogP contribution is -2.27. The monoisotopic (exact) mass is 400 g/mol. The highest BCUT2D eigenvalue weighted by atomic mass is 79.9. The van der Waals surface area contributed by atoms with Crippen molar-refractivity contribution in [2.75, 3.05) is 0 Å². The first-order chi connectivity index (χ1) is 10.7. The summed E-state index contributed by atoms with van der Waals surface area (Å²) in [5.41, 5.74) is 0.591. The molecule has 0 aliphatic rings. The number of nitrogens with two attached hydrogens (primary N) is 1. The molecular formula is C15H14BrFN2O3S. The molecule has 1 unspecified atom stereocenters. The molecule has 2 aromatic carbocycles. The van der Waals surface area contributed by atoms with E-state index in [-0.39, 0.29) is 10.5 Å². The zero-order valence-electron chi connectivity index (χ0n) is 12.1. The molecule has 0 fully saturated rings. The Balaban J connectivity index is 2.17. The lowest BCUT2D eigenvalue weighted by molar-refractivity contribution is 0.0935. The van der Waals surface area contributed by atoms with Crippen molar-refractivity contribution in [3.05, 3.63) is 63.9 Å². The van der Waals surface area contributed by atoms with Crippen LogP contribution in [0.5, 0.6) is 0 Å². The molecule has 0 aliphatic heterocycles. The number of rotatable bonds is 4. The van der Waals surface area contributed by atoms with Gasteiger partial charge in [0.25, 0.3) is 5.91 Å². The van der Waals surface area contributed by atoms with Crippen molar-refractivity contribution in [1.29, 1.82) is 0 Å². The van der Waals surface area contributed by atoms with Crippen molar-refractivity contribution >= 4 is 31.9 Å². The van der Waals surface area contributed by atoms with Crippen molar-refractivity contribution in [3.63, 3.8) is 0 Å². The maximum Gasteiger partial charge on any atom is 0.254 e. The van der Waals surface area contributed by atoms with Gasteiger partial charge in [0.1, 0.15) is 5.82 Å². The van der Waals surface area contributed by atoms with Gasteiger partial charge in [-0.05, 0) is 42.8 Å². The van der Waals surface area contributed by atoms with Crippen LogP contribution in [-0.4, -0.2) is 14.3 Å². The van der Waals surface area contributed by atoms with Gasteiger partial charge in [-0.2, -0.15) is 0 Å². The molecule has 2 rings (SSSR count). The second kappa shape index (κ2) is 6.77. The Morgan fingerprint density at radius 3 is 2.39 bits per heavy atom. The van der Waals surface area contributed by atoms with Crippen LogP contribution in [0.2, 0.25) is 0 Å². The van der Waals surface area contributed by atoms with E-state index in [9.17, 15) is 17.6 Å². The number of benzene rings is 2. The Kier molecular flexibility index (Phi) is 5.18. The predicted octanol–water partition coefficient (Wildman–Crippen LogP) is 2.73. The summed E-state index contributed by atoms with van der Waals surface area (Å²) in [5, 5.41) is 7.69. The van der Waals surface area contributed by atoms with Crippen LogP contribution in [0, 0.1) is 5.82 Å². The number of carbonyl (C=O) groups is 1. The summed E-state index contributed by atoms with van der Waals surface area (Å²) in [4.78, 5) is 12.1. The molecule has 0 saturated carbocycles. The smallest absolute Gasteiger partial charge is 0.254 e. The number of hydrogen-bond acceptors (Lipinski definition) is 3. The average molecular weight is 401 g/mol. The number of amides is 1. The lowest BCUT2D eigenvalue weighted by atomic mass is 10.1. The van der Waals surface area contributed by atoms with Crippen molar-refractivity contribution in [2.24, 2.45) is 5.14 Å². The number of sulfonamides is 1. The number of primary sulfonamides is 1. The van der Waals surface area contributed by atoms with Gasteiger partial charge in [0.15, 0.2) is 0 Å². The lowest BCUT2D eigenvalue weighted by Gasteiger charge is -2.15. The first-order valence-electron chi connectivity index (χ1n) is 6.57. The fraction of sp³-hybridized carbons (Fsp3) is 0.133. The summed E-state index contributed by atoms with van der Waals surface area (Å²) in [6, 6.07) is 9.45. The summed E-state index contributed by atoms with van der Waals surface area (Å²) >= 11 is 3.19. The summed E-state index contributed by atoms with van der Waals surface area (Å²) in [6.45, 7) is 1.71. The maximum absolute atomic E-state index is 13.7. The van der Waals surface area contributed by atoms with E-state index in [1.165, 1.54) is 30.3 Å². The molecule has 0 aliphatic carbocycles. The molecule has 3 N–H and O–H groups in total. The summed E-state index contributed by atoms with van der Waals surface area (Å²) < 4.78 is 36.7. The molecular weight excluding hydrogens is 387 g/mol. The highest BCUT2D eigenvalue weighted by molar-refractivity contribution is 9.10. The minimum Gasteiger partial charge on any atom is -0.345 e. The van der Waals surface area contributed by atoms with Crippen LogP contribution in [0.3, 0.4) is 0 Å². The van der Waals surface area contributed by atoms with Crippen molar-refractivity contribution < 1.29 is 17.6 Å². The number of nitrogens with one attached hydrogen (secondary N) is 1. The van der Waals surface area contributed by atoms with Crippen LogP contribution < -0.4 is 10.5 Å². The molecule has 23 heavy (non-hydrogen) atoms. The molecule has 0 radical (unpaired) electrons. The number of halogens is 2. The highest BCUT2D eigenvalue weighted by Gasteiger charge is 2.16. The molecule has 1 amide bonds. The van der Waals surface area contributed by atoms with Crippen LogP contribution in [-0.2, 0) is 10.0 Å². The fourth-order valence-corrected chi connectivity index (χ4v) is 2.85. The molecule has 1 atom stereocenters. The van der Waals surface area contributed by atoms with Gasteiger partial charge in [-0.3, -0.25) is 4.79 Å². The third kappa shape index (κ3) is 4.37. The maximum atomic E-state index is 13.7. The van der Waals surface area contributed by atoms with Crippen molar-refractivity contribution in [3.8, 4) is 0 Å². The van der Waals surface area contributed by atoms with Crippen molar-refractivity contribution in [2.45, 2.75) is 17.9 Å². The Hall–Kier alpha value is -1.77. The molecule has 0 bridgehead atoms.